The van der Waals surface area contributed by atoms with Gasteiger partial charge >= 0.3 is 12.3 Å². The van der Waals surface area contributed by atoms with E-state index >= 15 is 0 Å². The molecule has 0 spiro atoms. The molecule has 0 atom stereocenters. The van der Waals surface area contributed by atoms with E-state index in [1.165, 1.54) is 5.92 Å². The van der Waals surface area contributed by atoms with Crippen LogP contribution in [0.3, 0.4) is 0 Å². The first kappa shape index (κ1) is 32.2. The first-order valence-corrected chi connectivity index (χ1v) is 13.4. The fourth-order valence-corrected chi connectivity index (χ4v) is 4.69. The van der Waals surface area contributed by atoms with Gasteiger partial charge in [0.25, 0.3) is 0 Å². The van der Waals surface area contributed by atoms with Crippen molar-refractivity contribution in [3.05, 3.63) is 124 Å². The van der Waals surface area contributed by atoms with Gasteiger partial charge in [-0.2, -0.15) is 22.0 Å². The van der Waals surface area contributed by atoms with Gasteiger partial charge in [-0.15, -0.1) is 0 Å². The average molecular weight is 645 g/mol. The van der Waals surface area contributed by atoms with Crippen LogP contribution in [0.2, 0.25) is 0 Å². The van der Waals surface area contributed by atoms with Crippen LogP contribution in [0.25, 0.3) is 21.5 Å². The molecule has 46 heavy (non-hydrogen) atoms. The standard InChI is InChI=1S/C35H18F10O/c36-13-1-2-20-5-7-24-15-21(6-8-23(24)14-20)3-4-22-16-30(38)32(31(39)17-22)35(44,45)46-26-9-10-27-25(18-26)19-29(37)28(33(27)40)11-12-34(41,42)43/h5-10,14-19H,1-2,13H2. The third-order valence-electron chi connectivity index (χ3n) is 6.76. The molecule has 0 amide bonds. The molecule has 0 bridgehead atoms. The van der Waals surface area contributed by atoms with Gasteiger partial charge in [0, 0.05) is 22.4 Å². The number of aryl methyl sites for hydroxylation is 1. The Balaban J connectivity index is 1.38. The molecule has 0 unspecified atom stereocenters. The van der Waals surface area contributed by atoms with Crippen LogP contribution in [0.1, 0.15) is 34.2 Å². The Morgan fingerprint density at radius 3 is 2.00 bits per heavy atom. The summed E-state index contributed by atoms with van der Waals surface area (Å²) < 4.78 is 143. The molecule has 5 aromatic carbocycles. The lowest BCUT2D eigenvalue weighted by Crippen LogP contribution is -2.25. The quantitative estimate of drug-likeness (QED) is 0.132. The Morgan fingerprint density at radius 1 is 0.630 bits per heavy atom. The van der Waals surface area contributed by atoms with Gasteiger partial charge in [0.2, 0.25) is 0 Å². The molecule has 5 rings (SSSR count). The second kappa shape index (κ2) is 12.7. The third-order valence-corrected chi connectivity index (χ3v) is 6.76. The lowest BCUT2D eigenvalue weighted by molar-refractivity contribution is -0.189. The summed E-state index contributed by atoms with van der Waals surface area (Å²) in [7, 11) is 0. The van der Waals surface area contributed by atoms with E-state index in [2.05, 4.69) is 16.6 Å². The first-order valence-electron chi connectivity index (χ1n) is 13.4. The number of ether oxygens (including phenoxy) is 1. The van der Waals surface area contributed by atoms with Crippen molar-refractivity contribution in [3.63, 3.8) is 0 Å². The number of halogens is 10. The Bertz CT molecular complexity index is 2070. The fourth-order valence-electron chi connectivity index (χ4n) is 4.69. The van der Waals surface area contributed by atoms with E-state index in [1.54, 1.807) is 18.2 Å². The summed E-state index contributed by atoms with van der Waals surface area (Å²) in [5.74, 6) is 0.273. The molecule has 11 heteroatoms. The molecule has 0 radical (unpaired) electrons. The zero-order valence-electron chi connectivity index (χ0n) is 23.2. The van der Waals surface area contributed by atoms with Crippen LogP contribution in [0.5, 0.6) is 5.75 Å². The Morgan fingerprint density at radius 2 is 1.30 bits per heavy atom. The van der Waals surface area contributed by atoms with Crippen LogP contribution < -0.4 is 4.74 Å². The molecule has 0 N–H and O–H groups in total. The smallest absolute Gasteiger partial charge is 0.429 e. The monoisotopic (exact) mass is 644 g/mol. The van der Waals surface area contributed by atoms with Crippen molar-refractivity contribution >= 4 is 21.5 Å². The van der Waals surface area contributed by atoms with Crippen LogP contribution in [-0.4, -0.2) is 12.9 Å². The highest BCUT2D eigenvalue weighted by Gasteiger charge is 2.41. The van der Waals surface area contributed by atoms with Crippen LogP contribution in [0.4, 0.5) is 43.9 Å². The zero-order valence-corrected chi connectivity index (χ0v) is 23.2. The van der Waals surface area contributed by atoms with E-state index in [9.17, 15) is 43.9 Å². The molecule has 1 nitrogen and oxygen atoms in total. The molecule has 0 saturated heterocycles. The van der Waals surface area contributed by atoms with Crippen LogP contribution in [0, 0.1) is 47.0 Å². The molecular weight excluding hydrogens is 626 g/mol. The summed E-state index contributed by atoms with van der Waals surface area (Å²) in [6.45, 7) is -0.423. The molecular formula is C35H18F10O. The normalized spacial score (nSPS) is 11.6. The molecule has 0 heterocycles. The van der Waals surface area contributed by atoms with E-state index in [-0.39, 0.29) is 5.56 Å². The second-order valence-corrected chi connectivity index (χ2v) is 10.1. The molecule has 0 aliphatic rings. The van der Waals surface area contributed by atoms with Crippen molar-refractivity contribution in [1.82, 2.24) is 0 Å². The lowest BCUT2D eigenvalue weighted by atomic mass is 10.0. The number of hydrogen-bond acceptors (Lipinski definition) is 1. The minimum Gasteiger partial charge on any atom is -0.429 e. The van der Waals surface area contributed by atoms with Gasteiger partial charge in [0.05, 0.1) is 12.2 Å². The van der Waals surface area contributed by atoms with Gasteiger partial charge < -0.3 is 4.74 Å². The Labute approximate surface area is 255 Å². The molecule has 0 aliphatic carbocycles. The fraction of sp³-hybridized carbons (Fsp3) is 0.143. The highest BCUT2D eigenvalue weighted by Crippen LogP contribution is 2.37. The van der Waals surface area contributed by atoms with Crippen molar-refractivity contribution in [2.24, 2.45) is 0 Å². The highest BCUT2D eigenvalue weighted by molar-refractivity contribution is 5.86. The number of alkyl halides is 6. The maximum absolute atomic E-state index is 15.0. The predicted octanol–water partition coefficient (Wildman–Crippen LogP) is 9.89. The number of rotatable bonds is 6. The number of hydrogen-bond donors (Lipinski definition) is 0. The minimum absolute atomic E-state index is 0.253. The van der Waals surface area contributed by atoms with Gasteiger partial charge in [-0.25, -0.2) is 17.6 Å². The topological polar surface area (TPSA) is 9.23 Å². The maximum atomic E-state index is 15.0. The summed E-state index contributed by atoms with van der Waals surface area (Å²) in [6.07, 6.45) is -8.64. The molecule has 5 aromatic rings. The molecule has 0 aliphatic heterocycles. The third kappa shape index (κ3) is 7.21. The van der Waals surface area contributed by atoms with Gasteiger partial charge in [-0.3, -0.25) is 4.39 Å². The molecule has 0 aromatic heterocycles. The van der Waals surface area contributed by atoms with Crippen molar-refractivity contribution in [2.45, 2.75) is 25.1 Å². The van der Waals surface area contributed by atoms with Crippen molar-refractivity contribution in [1.29, 1.82) is 0 Å². The summed E-state index contributed by atoms with van der Waals surface area (Å²) >= 11 is 0. The lowest BCUT2D eigenvalue weighted by Gasteiger charge is -2.20. The Kier molecular flexibility index (Phi) is 8.89. The van der Waals surface area contributed by atoms with E-state index in [0.717, 1.165) is 40.5 Å². The summed E-state index contributed by atoms with van der Waals surface area (Å²) in [5.41, 5.74) is -1.74. The largest absolute Gasteiger partial charge is 0.458 e. The van der Waals surface area contributed by atoms with Crippen LogP contribution >= 0.6 is 0 Å². The predicted molar refractivity (Wildman–Crippen MR) is 152 cm³/mol. The van der Waals surface area contributed by atoms with E-state index in [0.29, 0.717) is 36.6 Å². The first-order chi connectivity index (χ1) is 21.7. The van der Waals surface area contributed by atoms with E-state index in [1.807, 2.05) is 18.2 Å². The van der Waals surface area contributed by atoms with E-state index in [4.69, 9.17) is 0 Å². The zero-order chi connectivity index (χ0) is 33.2. The van der Waals surface area contributed by atoms with Crippen molar-refractivity contribution in [3.8, 4) is 29.4 Å². The average Bonchev–Trinajstić information content (AvgIpc) is 2.97. The summed E-state index contributed by atoms with van der Waals surface area (Å²) in [4.78, 5) is 0. The SMILES string of the molecule is FCCCc1ccc2cc(C#Cc3cc(F)c(C(F)(F)Oc4ccc5c(F)c(C#CC(F)(F)F)c(F)cc5c4)c(F)c3)ccc2c1. The van der Waals surface area contributed by atoms with Crippen LogP contribution in [-0.2, 0) is 12.5 Å². The Hall–Kier alpha value is -5.16. The van der Waals surface area contributed by atoms with Gasteiger partial charge in [-0.05, 0) is 83.1 Å². The van der Waals surface area contributed by atoms with Crippen molar-refractivity contribution in [2.75, 3.05) is 6.67 Å². The second-order valence-electron chi connectivity index (χ2n) is 10.1. The summed E-state index contributed by atoms with van der Waals surface area (Å²) in [5, 5.41) is 0.842. The van der Waals surface area contributed by atoms with Crippen LogP contribution in [0.15, 0.2) is 72.8 Å². The van der Waals surface area contributed by atoms with E-state index < -0.39 is 69.9 Å². The van der Waals surface area contributed by atoms with Crippen molar-refractivity contribution < 1.29 is 48.6 Å². The van der Waals surface area contributed by atoms with Gasteiger partial charge in [0.15, 0.2) is 0 Å². The van der Waals surface area contributed by atoms with Gasteiger partial charge in [0.1, 0.15) is 34.6 Å². The molecule has 0 saturated carbocycles. The molecule has 234 valence electrons. The number of fused-ring (bicyclic) bond motifs is 2. The minimum atomic E-state index is -5.02. The summed E-state index contributed by atoms with van der Waals surface area (Å²) in [6, 6.07) is 14.8. The molecule has 0 fully saturated rings. The maximum Gasteiger partial charge on any atom is 0.458 e. The van der Waals surface area contributed by atoms with Gasteiger partial charge in [-0.1, -0.05) is 42.0 Å². The number of benzene rings is 5. The highest BCUT2D eigenvalue weighted by atomic mass is 19.4.